The Hall–Kier alpha value is -1.67. The van der Waals surface area contributed by atoms with Gasteiger partial charge in [0, 0.05) is 61.0 Å². The number of nitrogens with zero attached hydrogens (tertiary/aromatic N) is 4. The lowest BCUT2D eigenvalue weighted by molar-refractivity contribution is -0.129. The lowest BCUT2D eigenvalue weighted by Gasteiger charge is -2.34. The topological polar surface area (TPSA) is 39.7 Å². The predicted molar refractivity (Wildman–Crippen MR) is 131 cm³/mol. The highest BCUT2D eigenvalue weighted by Gasteiger charge is 2.25. The van der Waals surface area contributed by atoms with Crippen molar-refractivity contribution in [3.05, 3.63) is 44.1 Å². The highest BCUT2D eigenvalue weighted by atomic mass is 35.5. The van der Waals surface area contributed by atoms with Crippen molar-refractivity contribution in [1.29, 1.82) is 0 Å². The summed E-state index contributed by atoms with van der Waals surface area (Å²) in [5.74, 6) is 0.187. The van der Waals surface area contributed by atoms with E-state index in [1.807, 2.05) is 34.4 Å². The van der Waals surface area contributed by atoms with Crippen LogP contribution in [0, 0.1) is 6.92 Å². The molecule has 1 fully saturated rings. The standard InChI is InChI=1S/C23H27ClN4OS2/c1-15-18(19-6-8-28(16(2)29)14-22(19)30-15)5-7-26-9-11-27(12-10-26)23-25-20-4-3-17(24)13-21(20)31-23/h3-4,13H,5-12,14H2,1-2H3. The Morgan fingerprint density at radius 1 is 1.16 bits per heavy atom. The van der Waals surface area contributed by atoms with Gasteiger partial charge >= 0.3 is 0 Å². The fourth-order valence-corrected chi connectivity index (χ4v) is 7.24. The van der Waals surface area contributed by atoms with Gasteiger partial charge < -0.3 is 9.80 Å². The van der Waals surface area contributed by atoms with Crippen LogP contribution in [-0.2, 0) is 24.2 Å². The molecule has 164 valence electrons. The fourth-order valence-electron chi connectivity index (χ4n) is 4.66. The number of anilines is 1. The summed E-state index contributed by atoms with van der Waals surface area (Å²) in [4.78, 5) is 26.3. The number of amides is 1. The number of aromatic nitrogens is 1. The molecular weight excluding hydrogens is 448 g/mol. The van der Waals surface area contributed by atoms with Crippen molar-refractivity contribution in [3.63, 3.8) is 0 Å². The van der Waals surface area contributed by atoms with Crippen LogP contribution in [0.15, 0.2) is 18.2 Å². The average Bonchev–Trinajstić information content (AvgIpc) is 3.31. The summed E-state index contributed by atoms with van der Waals surface area (Å²) < 4.78 is 1.16. The molecule has 3 aromatic rings. The lowest BCUT2D eigenvalue weighted by Crippen LogP contribution is -2.47. The predicted octanol–water partition coefficient (Wildman–Crippen LogP) is 4.59. The van der Waals surface area contributed by atoms with Crippen LogP contribution in [-0.4, -0.2) is 60.0 Å². The highest BCUT2D eigenvalue weighted by molar-refractivity contribution is 7.22. The zero-order chi connectivity index (χ0) is 21.5. The van der Waals surface area contributed by atoms with E-state index in [0.717, 1.165) is 79.0 Å². The summed E-state index contributed by atoms with van der Waals surface area (Å²) in [7, 11) is 0. The molecule has 0 saturated carbocycles. The van der Waals surface area contributed by atoms with Crippen molar-refractivity contribution in [1.82, 2.24) is 14.8 Å². The lowest BCUT2D eigenvalue weighted by atomic mass is 9.99. The van der Waals surface area contributed by atoms with Gasteiger partial charge in [0.05, 0.1) is 16.8 Å². The Bertz CT molecular complexity index is 1120. The van der Waals surface area contributed by atoms with Gasteiger partial charge in [0.25, 0.3) is 0 Å². The molecule has 0 spiro atoms. The first kappa shape index (κ1) is 21.2. The van der Waals surface area contributed by atoms with Crippen molar-refractivity contribution in [2.24, 2.45) is 0 Å². The number of halogens is 1. The molecule has 1 saturated heterocycles. The largest absolute Gasteiger partial charge is 0.345 e. The Morgan fingerprint density at radius 3 is 2.74 bits per heavy atom. The Morgan fingerprint density at radius 2 is 1.97 bits per heavy atom. The van der Waals surface area contributed by atoms with Crippen molar-refractivity contribution < 1.29 is 4.79 Å². The first-order valence-corrected chi connectivity index (χ1v) is 12.9. The maximum Gasteiger partial charge on any atom is 0.219 e. The number of carbonyl (C=O) groups is 1. The molecule has 0 radical (unpaired) electrons. The van der Waals surface area contributed by atoms with Gasteiger partial charge in [0.2, 0.25) is 5.91 Å². The number of fused-ring (bicyclic) bond motifs is 2. The molecule has 2 aromatic heterocycles. The normalized spacial score (nSPS) is 17.4. The summed E-state index contributed by atoms with van der Waals surface area (Å²) in [5, 5.41) is 1.88. The van der Waals surface area contributed by atoms with Crippen molar-refractivity contribution in [3.8, 4) is 0 Å². The summed E-state index contributed by atoms with van der Waals surface area (Å²) in [6, 6.07) is 5.93. The number of hydrogen-bond acceptors (Lipinski definition) is 6. The SMILES string of the molecule is CC(=O)N1CCc2c(sc(C)c2CCN2CCN(c3nc4ccc(Cl)cc4s3)CC2)C1. The van der Waals surface area contributed by atoms with E-state index < -0.39 is 0 Å². The number of thiophene rings is 1. The van der Waals surface area contributed by atoms with Gasteiger partial charge in [-0.2, -0.15) is 0 Å². The van der Waals surface area contributed by atoms with Crippen LogP contribution < -0.4 is 4.90 Å². The maximum atomic E-state index is 11.7. The third-order valence-corrected chi connectivity index (χ3v) is 8.96. The second-order valence-electron chi connectivity index (χ2n) is 8.42. The van der Waals surface area contributed by atoms with Gasteiger partial charge in [-0.3, -0.25) is 9.69 Å². The van der Waals surface area contributed by atoms with Gasteiger partial charge in [-0.1, -0.05) is 22.9 Å². The van der Waals surface area contributed by atoms with E-state index in [-0.39, 0.29) is 5.91 Å². The molecule has 31 heavy (non-hydrogen) atoms. The van der Waals surface area contributed by atoms with Gasteiger partial charge in [-0.15, -0.1) is 11.3 Å². The van der Waals surface area contributed by atoms with Crippen molar-refractivity contribution >= 4 is 55.5 Å². The molecule has 1 aromatic carbocycles. The van der Waals surface area contributed by atoms with Crippen LogP contribution >= 0.6 is 34.3 Å². The van der Waals surface area contributed by atoms with Crippen LogP contribution in [0.1, 0.15) is 27.8 Å². The Labute approximate surface area is 196 Å². The minimum absolute atomic E-state index is 0.187. The molecule has 4 heterocycles. The first-order chi connectivity index (χ1) is 15.0. The number of benzene rings is 1. The van der Waals surface area contributed by atoms with E-state index in [9.17, 15) is 4.79 Å². The first-order valence-electron chi connectivity index (χ1n) is 10.9. The molecule has 8 heteroatoms. The fraction of sp³-hybridized carbons (Fsp3) is 0.478. The van der Waals surface area contributed by atoms with Crippen LogP contribution in [0.3, 0.4) is 0 Å². The molecule has 5 nitrogen and oxygen atoms in total. The molecule has 2 aliphatic rings. The summed E-state index contributed by atoms with van der Waals surface area (Å²) in [6.45, 7) is 10.8. The van der Waals surface area contributed by atoms with Gasteiger partial charge in [0.1, 0.15) is 0 Å². The zero-order valence-corrected chi connectivity index (χ0v) is 20.4. The molecular formula is C23H27ClN4OS2. The molecule has 0 atom stereocenters. The van der Waals surface area contributed by atoms with E-state index in [1.165, 1.54) is 20.9 Å². The number of thiazole rings is 1. The second-order valence-corrected chi connectivity index (χ2v) is 11.2. The minimum atomic E-state index is 0.187. The van der Waals surface area contributed by atoms with Gasteiger partial charge in [-0.05, 0) is 49.1 Å². The molecule has 0 unspecified atom stereocenters. The number of aryl methyl sites for hydroxylation is 1. The quantitative estimate of drug-likeness (QED) is 0.554. The zero-order valence-electron chi connectivity index (χ0n) is 18.0. The smallest absolute Gasteiger partial charge is 0.219 e. The highest BCUT2D eigenvalue weighted by Crippen LogP contribution is 2.34. The van der Waals surface area contributed by atoms with Crippen molar-refractivity contribution in [2.75, 3.05) is 44.2 Å². The molecule has 0 bridgehead atoms. The maximum absolute atomic E-state index is 11.7. The number of rotatable bonds is 4. The van der Waals surface area contributed by atoms with Crippen LogP contribution in [0.5, 0.6) is 0 Å². The molecule has 0 N–H and O–H groups in total. The Kier molecular flexibility index (Phi) is 5.94. The number of carbonyl (C=O) groups excluding carboxylic acids is 1. The monoisotopic (exact) mass is 474 g/mol. The van der Waals surface area contributed by atoms with E-state index in [2.05, 4.69) is 16.7 Å². The van der Waals surface area contributed by atoms with E-state index in [4.69, 9.17) is 16.6 Å². The van der Waals surface area contributed by atoms with Crippen LogP contribution in [0.25, 0.3) is 10.2 Å². The minimum Gasteiger partial charge on any atom is -0.345 e. The second kappa shape index (κ2) is 8.70. The van der Waals surface area contributed by atoms with Gasteiger partial charge in [-0.25, -0.2) is 4.98 Å². The van der Waals surface area contributed by atoms with Crippen molar-refractivity contribution in [2.45, 2.75) is 33.2 Å². The van der Waals surface area contributed by atoms with Gasteiger partial charge in [0.15, 0.2) is 5.13 Å². The third kappa shape index (κ3) is 4.33. The number of piperazine rings is 1. The number of hydrogen-bond donors (Lipinski definition) is 0. The molecule has 0 aliphatic carbocycles. The van der Waals surface area contributed by atoms with E-state index >= 15 is 0 Å². The average molecular weight is 475 g/mol. The van der Waals surface area contributed by atoms with E-state index in [1.54, 1.807) is 18.3 Å². The molecule has 2 aliphatic heterocycles. The van der Waals surface area contributed by atoms with Crippen LogP contribution in [0.2, 0.25) is 5.02 Å². The summed E-state index contributed by atoms with van der Waals surface area (Å²) in [6.07, 6.45) is 2.11. The van der Waals surface area contributed by atoms with E-state index in [0.29, 0.717) is 0 Å². The third-order valence-electron chi connectivity index (χ3n) is 6.47. The van der Waals surface area contributed by atoms with Crippen LogP contribution in [0.4, 0.5) is 5.13 Å². The molecule has 5 rings (SSSR count). The Balaban J connectivity index is 1.18. The molecule has 1 amide bonds. The summed E-state index contributed by atoms with van der Waals surface area (Å²) >= 11 is 9.75. The summed E-state index contributed by atoms with van der Waals surface area (Å²) in [5.41, 5.74) is 4.09.